The molecule has 0 saturated heterocycles. The molecule has 1 heteroatoms. The van der Waals surface area contributed by atoms with E-state index < -0.39 is 0 Å². The summed E-state index contributed by atoms with van der Waals surface area (Å²) < 4.78 is 0. The molecule has 0 aromatic heterocycles. The molecule has 1 atom stereocenters. The van der Waals surface area contributed by atoms with Crippen LogP contribution in [0.1, 0.15) is 40.5 Å². The summed E-state index contributed by atoms with van der Waals surface area (Å²) in [5.41, 5.74) is 0.380. The van der Waals surface area contributed by atoms with Gasteiger partial charge in [-0.05, 0) is 25.2 Å². The van der Waals surface area contributed by atoms with Crippen LogP contribution in [0.4, 0.5) is 0 Å². The fraction of sp³-hybridized carbons (Fsp3) is 0.889. The van der Waals surface area contributed by atoms with Crippen molar-refractivity contribution in [3.63, 3.8) is 0 Å². The first-order valence-corrected chi connectivity index (χ1v) is 3.85. The normalized spacial score (nSPS) is 14.3. The predicted octanol–water partition coefficient (Wildman–Crippen LogP) is 2.97. The number of nitriles is 1. The van der Waals surface area contributed by atoms with Gasteiger partial charge in [0, 0.05) is 5.92 Å². The summed E-state index contributed by atoms with van der Waals surface area (Å²) >= 11 is 0. The van der Waals surface area contributed by atoms with Crippen LogP contribution in [0.2, 0.25) is 0 Å². The zero-order valence-corrected chi connectivity index (χ0v) is 7.44. The molecule has 58 valence electrons. The van der Waals surface area contributed by atoms with Gasteiger partial charge in [0.2, 0.25) is 0 Å². The largest absolute Gasteiger partial charge is 0.198 e. The summed E-state index contributed by atoms with van der Waals surface area (Å²) in [4.78, 5) is 0. The average molecular weight is 139 g/mol. The molecule has 0 fully saturated rings. The third-order valence-corrected chi connectivity index (χ3v) is 1.55. The number of nitrogens with zero attached hydrogens (tertiary/aromatic N) is 1. The van der Waals surface area contributed by atoms with E-state index in [-0.39, 0.29) is 5.92 Å². The summed E-state index contributed by atoms with van der Waals surface area (Å²) in [6.07, 6.45) is 2.17. The van der Waals surface area contributed by atoms with E-state index in [0.29, 0.717) is 5.41 Å². The van der Waals surface area contributed by atoms with Crippen LogP contribution in [-0.4, -0.2) is 0 Å². The molecule has 0 spiro atoms. The van der Waals surface area contributed by atoms with Crippen molar-refractivity contribution in [1.29, 1.82) is 5.26 Å². The molecule has 0 aromatic carbocycles. The Balaban J connectivity index is 3.48. The molecule has 0 radical (unpaired) electrons. The quantitative estimate of drug-likeness (QED) is 0.577. The molecule has 0 heterocycles. The van der Waals surface area contributed by atoms with Crippen molar-refractivity contribution < 1.29 is 0 Å². The maximum atomic E-state index is 8.48. The van der Waals surface area contributed by atoms with Gasteiger partial charge in [-0.15, -0.1) is 0 Å². The molecule has 0 aliphatic rings. The molecule has 1 nitrogen and oxygen atoms in total. The van der Waals surface area contributed by atoms with E-state index in [1.54, 1.807) is 0 Å². The average Bonchev–Trinajstić information content (AvgIpc) is 1.81. The monoisotopic (exact) mass is 139 g/mol. The highest BCUT2D eigenvalue weighted by Crippen LogP contribution is 2.22. The Hall–Kier alpha value is -0.510. The number of hydrogen-bond acceptors (Lipinski definition) is 1. The third-order valence-electron chi connectivity index (χ3n) is 1.55. The lowest BCUT2D eigenvalue weighted by atomic mass is 9.88. The highest BCUT2D eigenvalue weighted by Gasteiger charge is 2.11. The first-order valence-electron chi connectivity index (χ1n) is 3.85. The molecule has 10 heavy (non-hydrogen) atoms. The number of rotatable bonds is 2. The van der Waals surface area contributed by atoms with Crippen LogP contribution in [-0.2, 0) is 0 Å². The second-order valence-corrected chi connectivity index (χ2v) is 4.13. The van der Waals surface area contributed by atoms with Crippen LogP contribution >= 0.6 is 0 Å². The van der Waals surface area contributed by atoms with E-state index in [4.69, 9.17) is 5.26 Å². The topological polar surface area (TPSA) is 23.8 Å². The van der Waals surface area contributed by atoms with Crippen molar-refractivity contribution in [1.82, 2.24) is 0 Å². The van der Waals surface area contributed by atoms with Crippen LogP contribution in [0.25, 0.3) is 0 Å². The molecule has 0 bridgehead atoms. The van der Waals surface area contributed by atoms with Gasteiger partial charge in [0.1, 0.15) is 0 Å². The van der Waals surface area contributed by atoms with Gasteiger partial charge in [-0.1, -0.05) is 20.8 Å². The van der Waals surface area contributed by atoms with E-state index in [1.165, 1.54) is 0 Å². The van der Waals surface area contributed by atoms with Crippen molar-refractivity contribution in [2.75, 3.05) is 0 Å². The minimum absolute atomic E-state index is 0.222. The Bertz CT molecular complexity index is 125. The van der Waals surface area contributed by atoms with Gasteiger partial charge < -0.3 is 0 Å². The summed E-state index contributed by atoms with van der Waals surface area (Å²) in [5.74, 6) is 0.222. The Morgan fingerprint density at radius 2 is 1.90 bits per heavy atom. The van der Waals surface area contributed by atoms with Gasteiger partial charge in [0.05, 0.1) is 6.07 Å². The van der Waals surface area contributed by atoms with Crippen molar-refractivity contribution in [3.8, 4) is 6.07 Å². The molecule has 0 aliphatic carbocycles. The van der Waals surface area contributed by atoms with E-state index in [2.05, 4.69) is 26.8 Å². The zero-order valence-electron chi connectivity index (χ0n) is 7.44. The molecule has 1 unspecified atom stereocenters. The lowest BCUT2D eigenvalue weighted by Crippen LogP contribution is -2.06. The first kappa shape index (κ1) is 9.49. The third kappa shape index (κ3) is 5.62. The highest BCUT2D eigenvalue weighted by molar-refractivity contribution is 4.79. The second-order valence-electron chi connectivity index (χ2n) is 4.13. The van der Waals surface area contributed by atoms with Crippen LogP contribution in [0.5, 0.6) is 0 Å². The Morgan fingerprint density at radius 3 is 2.20 bits per heavy atom. The molecule has 0 N–H and O–H groups in total. The molecule has 0 saturated carbocycles. The van der Waals surface area contributed by atoms with Gasteiger partial charge in [0.25, 0.3) is 0 Å². The summed E-state index contributed by atoms with van der Waals surface area (Å²) in [5, 5.41) is 8.48. The van der Waals surface area contributed by atoms with Crippen LogP contribution in [0.3, 0.4) is 0 Å². The van der Waals surface area contributed by atoms with Gasteiger partial charge in [0.15, 0.2) is 0 Å². The van der Waals surface area contributed by atoms with Crippen molar-refractivity contribution in [3.05, 3.63) is 0 Å². The Morgan fingerprint density at radius 1 is 1.40 bits per heavy atom. The summed E-state index contributed by atoms with van der Waals surface area (Å²) in [7, 11) is 0. The van der Waals surface area contributed by atoms with Crippen LogP contribution < -0.4 is 0 Å². The second kappa shape index (κ2) is 3.61. The standard InChI is InChI=1S/C9H17N/c1-8(7-10)5-6-9(2,3)4/h8H,5-6H2,1-4H3. The van der Waals surface area contributed by atoms with E-state index in [9.17, 15) is 0 Å². The lowest BCUT2D eigenvalue weighted by molar-refractivity contribution is 0.348. The van der Waals surface area contributed by atoms with Crippen molar-refractivity contribution in [2.24, 2.45) is 11.3 Å². The molecular formula is C9H17N. The van der Waals surface area contributed by atoms with Gasteiger partial charge >= 0.3 is 0 Å². The molecular weight excluding hydrogens is 122 g/mol. The van der Waals surface area contributed by atoms with Crippen molar-refractivity contribution in [2.45, 2.75) is 40.5 Å². The molecule has 0 rings (SSSR count). The SMILES string of the molecule is CC(C#N)CCC(C)(C)C. The summed E-state index contributed by atoms with van der Waals surface area (Å²) in [6, 6.07) is 2.24. The minimum Gasteiger partial charge on any atom is -0.198 e. The van der Waals surface area contributed by atoms with Gasteiger partial charge in [-0.3, -0.25) is 0 Å². The fourth-order valence-electron chi connectivity index (χ4n) is 0.714. The Labute approximate surface area is 64.1 Å². The zero-order chi connectivity index (χ0) is 8.20. The molecule has 0 amide bonds. The smallest absolute Gasteiger partial charge is 0.0652 e. The maximum Gasteiger partial charge on any atom is 0.0652 e. The highest BCUT2D eigenvalue weighted by atomic mass is 14.3. The fourth-order valence-corrected chi connectivity index (χ4v) is 0.714. The van der Waals surface area contributed by atoms with E-state index >= 15 is 0 Å². The van der Waals surface area contributed by atoms with E-state index in [1.807, 2.05) is 6.92 Å². The first-order chi connectivity index (χ1) is 4.45. The predicted molar refractivity (Wildman–Crippen MR) is 43.5 cm³/mol. The van der Waals surface area contributed by atoms with E-state index in [0.717, 1.165) is 12.8 Å². The molecule has 0 aromatic rings. The molecule has 0 aliphatic heterocycles. The maximum absolute atomic E-state index is 8.48. The van der Waals surface area contributed by atoms with Crippen LogP contribution in [0.15, 0.2) is 0 Å². The van der Waals surface area contributed by atoms with Crippen LogP contribution in [0, 0.1) is 22.7 Å². The lowest BCUT2D eigenvalue weighted by Gasteiger charge is -2.17. The van der Waals surface area contributed by atoms with Crippen molar-refractivity contribution >= 4 is 0 Å². The Kier molecular flexibility index (Phi) is 3.42. The van der Waals surface area contributed by atoms with Gasteiger partial charge in [-0.25, -0.2) is 0 Å². The van der Waals surface area contributed by atoms with Gasteiger partial charge in [-0.2, -0.15) is 5.26 Å². The summed E-state index contributed by atoms with van der Waals surface area (Å²) in [6.45, 7) is 8.59. The minimum atomic E-state index is 0.222. The number of hydrogen-bond donors (Lipinski definition) is 0.